The average molecular weight is 402 g/mol. The number of carbonyl (C=O) groups is 2. The highest BCUT2D eigenvalue weighted by Crippen LogP contribution is 2.12. The zero-order chi connectivity index (χ0) is 20.9. The number of para-hydroxylation sites is 1. The van der Waals surface area contributed by atoms with Gasteiger partial charge in [-0.2, -0.15) is 0 Å². The van der Waals surface area contributed by atoms with Crippen LogP contribution in [0, 0.1) is 0 Å². The van der Waals surface area contributed by atoms with Crippen LogP contribution in [0.25, 0.3) is 10.9 Å². The molecule has 4 aromatic rings. The maximum atomic E-state index is 12.5. The Morgan fingerprint density at radius 1 is 1.00 bits per heavy atom. The van der Waals surface area contributed by atoms with E-state index in [4.69, 9.17) is 4.42 Å². The van der Waals surface area contributed by atoms with Crippen molar-refractivity contribution in [3.63, 3.8) is 0 Å². The molecule has 2 heterocycles. The standard InChI is InChI=1S/C22H18N4O4/c27-20(13-26-14-24-18-5-2-1-4-17(18)22(26)29)23-12-15-7-9-16(10-8-15)25-21(28)19-6-3-11-30-19/h1-11,14H,12-13H2,(H,23,27)(H,25,28). The van der Waals surface area contributed by atoms with E-state index in [2.05, 4.69) is 15.6 Å². The van der Waals surface area contributed by atoms with Gasteiger partial charge in [-0.05, 0) is 42.0 Å². The fourth-order valence-electron chi connectivity index (χ4n) is 2.94. The van der Waals surface area contributed by atoms with Gasteiger partial charge in [0.2, 0.25) is 5.91 Å². The van der Waals surface area contributed by atoms with Crippen LogP contribution in [0.2, 0.25) is 0 Å². The monoisotopic (exact) mass is 402 g/mol. The molecule has 0 saturated heterocycles. The van der Waals surface area contributed by atoms with E-state index in [-0.39, 0.29) is 29.7 Å². The van der Waals surface area contributed by atoms with Gasteiger partial charge >= 0.3 is 0 Å². The first-order valence-corrected chi connectivity index (χ1v) is 9.25. The molecule has 8 nitrogen and oxygen atoms in total. The van der Waals surface area contributed by atoms with E-state index < -0.39 is 0 Å². The first-order valence-electron chi connectivity index (χ1n) is 9.25. The number of aromatic nitrogens is 2. The minimum absolute atomic E-state index is 0.117. The molecule has 0 unspecified atom stereocenters. The highest BCUT2D eigenvalue weighted by atomic mass is 16.3. The number of furan rings is 1. The summed E-state index contributed by atoms with van der Waals surface area (Å²) < 4.78 is 6.33. The van der Waals surface area contributed by atoms with Crippen LogP contribution in [0.5, 0.6) is 0 Å². The smallest absolute Gasteiger partial charge is 0.291 e. The molecule has 2 N–H and O–H groups in total. The van der Waals surface area contributed by atoms with E-state index in [1.807, 2.05) is 0 Å². The number of nitrogens with zero attached hydrogens (tertiary/aromatic N) is 2. The number of anilines is 1. The molecule has 2 aromatic carbocycles. The molecule has 2 amide bonds. The fraction of sp³-hybridized carbons (Fsp3) is 0.0909. The Morgan fingerprint density at radius 2 is 1.80 bits per heavy atom. The van der Waals surface area contributed by atoms with Crippen molar-refractivity contribution >= 4 is 28.4 Å². The van der Waals surface area contributed by atoms with Crippen LogP contribution in [0.4, 0.5) is 5.69 Å². The van der Waals surface area contributed by atoms with Gasteiger partial charge in [0.15, 0.2) is 5.76 Å². The second kappa shape index (κ2) is 8.44. The second-order valence-electron chi connectivity index (χ2n) is 6.60. The summed E-state index contributed by atoms with van der Waals surface area (Å²) in [4.78, 5) is 40.9. The molecule has 0 saturated carbocycles. The number of fused-ring (bicyclic) bond motifs is 1. The maximum Gasteiger partial charge on any atom is 0.291 e. The number of nitrogens with one attached hydrogen (secondary N) is 2. The van der Waals surface area contributed by atoms with Crippen molar-refractivity contribution in [2.24, 2.45) is 0 Å². The van der Waals surface area contributed by atoms with E-state index in [1.54, 1.807) is 60.7 Å². The summed E-state index contributed by atoms with van der Waals surface area (Å²) >= 11 is 0. The van der Waals surface area contributed by atoms with Crippen LogP contribution >= 0.6 is 0 Å². The molecule has 0 fully saturated rings. The van der Waals surface area contributed by atoms with Crippen molar-refractivity contribution < 1.29 is 14.0 Å². The third-order valence-corrected chi connectivity index (χ3v) is 4.49. The number of hydrogen-bond donors (Lipinski definition) is 2. The number of hydrogen-bond acceptors (Lipinski definition) is 5. The molecule has 30 heavy (non-hydrogen) atoms. The molecule has 0 aliphatic heterocycles. The molecule has 8 heteroatoms. The Kier molecular flexibility index (Phi) is 5.38. The maximum absolute atomic E-state index is 12.5. The largest absolute Gasteiger partial charge is 0.459 e. The van der Waals surface area contributed by atoms with Crippen molar-refractivity contribution in [1.82, 2.24) is 14.9 Å². The molecular formula is C22H18N4O4. The summed E-state index contributed by atoms with van der Waals surface area (Å²) in [5.41, 5.74) is 1.80. The van der Waals surface area contributed by atoms with Gasteiger partial charge < -0.3 is 15.1 Å². The summed E-state index contributed by atoms with van der Waals surface area (Å²) in [6, 6.07) is 17.3. The lowest BCUT2D eigenvalue weighted by molar-refractivity contribution is -0.121. The van der Waals surface area contributed by atoms with E-state index in [1.165, 1.54) is 17.2 Å². The SMILES string of the molecule is O=C(Cn1cnc2ccccc2c1=O)NCc1ccc(NC(=O)c2ccco2)cc1. The summed E-state index contributed by atoms with van der Waals surface area (Å²) in [5.74, 6) is -0.412. The molecular weight excluding hydrogens is 384 g/mol. The third kappa shape index (κ3) is 4.27. The first-order chi connectivity index (χ1) is 14.6. The van der Waals surface area contributed by atoms with Gasteiger partial charge in [0.25, 0.3) is 11.5 Å². The quantitative estimate of drug-likeness (QED) is 0.516. The van der Waals surface area contributed by atoms with Crippen molar-refractivity contribution in [2.45, 2.75) is 13.1 Å². The Bertz CT molecular complexity index is 1240. The molecule has 0 aliphatic carbocycles. The highest BCUT2D eigenvalue weighted by Gasteiger charge is 2.10. The van der Waals surface area contributed by atoms with Crippen LogP contribution < -0.4 is 16.2 Å². The second-order valence-corrected chi connectivity index (χ2v) is 6.60. The van der Waals surface area contributed by atoms with Gasteiger partial charge in [-0.25, -0.2) is 4.98 Å². The molecule has 0 bridgehead atoms. The van der Waals surface area contributed by atoms with Gasteiger partial charge in [0.1, 0.15) is 6.54 Å². The number of benzene rings is 2. The predicted molar refractivity (Wildman–Crippen MR) is 111 cm³/mol. The Morgan fingerprint density at radius 3 is 2.57 bits per heavy atom. The highest BCUT2D eigenvalue weighted by molar-refractivity contribution is 6.02. The molecule has 0 aliphatic rings. The topological polar surface area (TPSA) is 106 Å². The van der Waals surface area contributed by atoms with Crippen molar-refractivity contribution in [1.29, 1.82) is 0 Å². The van der Waals surface area contributed by atoms with Crippen LogP contribution in [-0.4, -0.2) is 21.4 Å². The summed E-state index contributed by atoms with van der Waals surface area (Å²) in [7, 11) is 0. The van der Waals surface area contributed by atoms with Crippen LogP contribution in [-0.2, 0) is 17.9 Å². The van der Waals surface area contributed by atoms with E-state index in [9.17, 15) is 14.4 Å². The lowest BCUT2D eigenvalue weighted by Crippen LogP contribution is -2.32. The Labute approximate surface area is 171 Å². The van der Waals surface area contributed by atoms with Crippen LogP contribution in [0.15, 0.2) is 82.5 Å². The zero-order valence-corrected chi connectivity index (χ0v) is 15.9. The normalized spacial score (nSPS) is 10.7. The lowest BCUT2D eigenvalue weighted by atomic mass is 10.2. The minimum Gasteiger partial charge on any atom is -0.459 e. The lowest BCUT2D eigenvalue weighted by Gasteiger charge is -2.09. The summed E-state index contributed by atoms with van der Waals surface area (Å²) in [6.07, 6.45) is 2.81. The molecule has 4 rings (SSSR count). The van der Waals surface area contributed by atoms with Gasteiger partial charge in [-0.3, -0.25) is 19.0 Å². The Balaban J connectivity index is 1.33. The molecule has 2 aromatic heterocycles. The van der Waals surface area contributed by atoms with Gasteiger partial charge in [0, 0.05) is 12.2 Å². The molecule has 150 valence electrons. The fourth-order valence-corrected chi connectivity index (χ4v) is 2.94. The van der Waals surface area contributed by atoms with E-state index in [0.717, 1.165) is 5.56 Å². The van der Waals surface area contributed by atoms with Crippen LogP contribution in [0.3, 0.4) is 0 Å². The summed E-state index contributed by atoms with van der Waals surface area (Å²) in [6.45, 7) is 0.176. The molecule has 0 radical (unpaired) electrons. The third-order valence-electron chi connectivity index (χ3n) is 4.49. The van der Waals surface area contributed by atoms with Gasteiger partial charge in [-0.15, -0.1) is 0 Å². The molecule has 0 spiro atoms. The average Bonchev–Trinajstić information content (AvgIpc) is 3.31. The first kappa shape index (κ1) is 19.1. The van der Waals surface area contributed by atoms with Gasteiger partial charge in [0.05, 0.1) is 23.5 Å². The van der Waals surface area contributed by atoms with E-state index in [0.29, 0.717) is 23.1 Å². The number of rotatable bonds is 6. The zero-order valence-electron chi connectivity index (χ0n) is 15.9. The van der Waals surface area contributed by atoms with Gasteiger partial charge in [-0.1, -0.05) is 24.3 Å². The minimum atomic E-state index is -0.338. The van der Waals surface area contributed by atoms with Crippen LogP contribution in [0.1, 0.15) is 16.1 Å². The number of carbonyl (C=O) groups excluding carboxylic acids is 2. The van der Waals surface area contributed by atoms with Crippen molar-refractivity contribution in [2.75, 3.05) is 5.32 Å². The predicted octanol–water partition coefficient (Wildman–Crippen LogP) is 2.56. The summed E-state index contributed by atoms with van der Waals surface area (Å²) in [5, 5.41) is 5.97. The van der Waals surface area contributed by atoms with E-state index >= 15 is 0 Å². The Hall–Kier alpha value is -4.20. The molecule has 0 atom stereocenters. The van der Waals surface area contributed by atoms with Crippen molar-refractivity contribution in [3.8, 4) is 0 Å². The van der Waals surface area contributed by atoms with Crippen molar-refractivity contribution in [3.05, 3.63) is 94.9 Å². The number of amides is 2.